The van der Waals surface area contributed by atoms with E-state index in [1.165, 1.54) is 23.4 Å². The molecule has 1 amide bonds. The van der Waals surface area contributed by atoms with Crippen molar-refractivity contribution in [3.63, 3.8) is 0 Å². The van der Waals surface area contributed by atoms with E-state index in [-0.39, 0.29) is 11.7 Å². The average molecular weight is 266 g/mol. The Morgan fingerprint density at radius 1 is 1.63 bits per heavy atom. The van der Waals surface area contributed by atoms with Crippen LogP contribution < -0.4 is 0 Å². The molecule has 2 rings (SSSR count). The van der Waals surface area contributed by atoms with Gasteiger partial charge in [0.15, 0.2) is 0 Å². The number of likely N-dealkylation sites (tertiary alicyclic amines) is 1. The zero-order valence-electron chi connectivity index (χ0n) is 11.0. The van der Waals surface area contributed by atoms with Crippen LogP contribution in [0.3, 0.4) is 0 Å². The van der Waals surface area contributed by atoms with Crippen LogP contribution in [-0.2, 0) is 11.3 Å². The van der Waals surface area contributed by atoms with Gasteiger partial charge in [-0.05, 0) is 23.7 Å². The second-order valence-electron chi connectivity index (χ2n) is 5.03. The van der Waals surface area contributed by atoms with Gasteiger partial charge in [-0.3, -0.25) is 4.79 Å². The Hall–Kier alpha value is -1.92. The van der Waals surface area contributed by atoms with Gasteiger partial charge in [0.2, 0.25) is 5.91 Å². The fraction of sp³-hybridized carbons (Fsp3) is 0.667. The van der Waals surface area contributed by atoms with Crippen molar-refractivity contribution in [1.82, 2.24) is 14.7 Å². The number of carbonyl (C=O) groups excluding carboxylic acids is 1. The average Bonchev–Trinajstić information content (AvgIpc) is 2.85. The van der Waals surface area contributed by atoms with E-state index in [1.54, 1.807) is 0 Å². The molecule has 0 saturated carbocycles. The van der Waals surface area contributed by atoms with Gasteiger partial charge in [-0.25, -0.2) is 0 Å². The lowest BCUT2D eigenvalue weighted by molar-refractivity contribution is -0.389. The van der Waals surface area contributed by atoms with Gasteiger partial charge in [0.25, 0.3) is 0 Å². The van der Waals surface area contributed by atoms with Crippen LogP contribution in [0, 0.1) is 16.0 Å². The van der Waals surface area contributed by atoms with E-state index in [9.17, 15) is 14.9 Å². The highest BCUT2D eigenvalue weighted by atomic mass is 16.6. The van der Waals surface area contributed by atoms with Crippen molar-refractivity contribution in [3.05, 3.63) is 22.4 Å². The predicted octanol–water partition coefficient (Wildman–Crippen LogP) is 1.44. The molecule has 1 aromatic heterocycles. The first-order chi connectivity index (χ1) is 9.06. The molecule has 0 spiro atoms. The molecule has 7 heteroatoms. The van der Waals surface area contributed by atoms with Crippen molar-refractivity contribution in [2.24, 2.45) is 5.92 Å². The molecule has 0 radical (unpaired) electrons. The quantitative estimate of drug-likeness (QED) is 0.610. The van der Waals surface area contributed by atoms with Gasteiger partial charge in [-0.1, -0.05) is 6.92 Å². The van der Waals surface area contributed by atoms with Gasteiger partial charge in [-0.2, -0.15) is 4.68 Å². The number of carbonyl (C=O) groups is 1. The third-order valence-electron chi connectivity index (χ3n) is 3.38. The van der Waals surface area contributed by atoms with E-state index in [2.05, 4.69) is 12.0 Å². The molecule has 1 aliphatic rings. The van der Waals surface area contributed by atoms with Crippen LogP contribution in [0.1, 0.15) is 26.2 Å². The molecule has 0 bridgehead atoms. The van der Waals surface area contributed by atoms with E-state index >= 15 is 0 Å². The molecule has 0 N–H and O–H groups in total. The lowest BCUT2D eigenvalue weighted by atomic mass is 10.00. The first-order valence-electron chi connectivity index (χ1n) is 6.52. The molecule has 1 aliphatic heterocycles. The van der Waals surface area contributed by atoms with Gasteiger partial charge in [0.05, 0.1) is 23.9 Å². The second kappa shape index (κ2) is 5.81. The largest absolute Gasteiger partial charge is 0.389 e. The maximum absolute atomic E-state index is 12.0. The third-order valence-corrected chi connectivity index (χ3v) is 3.38. The highest BCUT2D eigenvalue weighted by Gasteiger charge is 2.21. The van der Waals surface area contributed by atoms with E-state index in [4.69, 9.17) is 0 Å². The summed E-state index contributed by atoms with van der Waals surface area (Å²) >= 11 is 0. The van der Waals surface area contributed by atoms with Gasteiger partial charge < -0.3 is 15.0 Å². The standard InChI is InChI=1S/C12H18N4O3/c1-10-3-2-6-14(9-10)12(17)5-8-15-7-4-11(13-15)16(18)19/h4,7,10H,2-3,5-6,8-9H2,1H3/t10-/m1/s1. The van der Waals surface area contributed by atoms with Crippen LogP contribution >= 0.6 is 0 Å². The smallest absolute Gasteiger partial charge is 0.358 e. The highest BCUT2D eigenvalue weighted by Crippen LogP contribution is 2.16. The number of aryl methyl sites for hydroxylation is 1. The maximum Gasteiger partial charge on any atom is 0.389 e. The molecule has 0 unspecified atom stereocenters. The number of hydrogen-bond acceptors (Lipinski definition) is 4. The van der Waals surface area contributed by atoms with Gasteiger partial charge in [-0.15, -0.1) is 0 Å². The van der Waals surface area contributed by atoms with Crippen molar-refractivity contribution in [3.8, 4) is 0 Å². The highest BCUT2D eigenvalue weighted by molar-refractivity contribution is 5.76. The Bertz CT molecular complexity index is 471. The third kappa shape index (κ3) is 3.52. The van der Waals surface area contributed by atoms with E-state index < -0.39 is 4.92 Å². The monoisotopic (exact) mass is 266 g/mol. The van der Waals surface area contributed by atoms with Crippen molar-refractivity contribution in [2.45, 2.75) is 32.7 Å². The normalized spacial score (nSPS) is 19.4. The summed E-state index contributed by atoms with van der Waals surface area (Å²) in [7, 11) is 0. The summed E-state index contributed by atoms with van der Waals surface area (Å²) in [6, 6.07) is 1.34. The topological polar surface area (TPSA) is 81.3 Å². The number of piperidine rings is 1. The summed E-state index contributed by atoms with van der Waals surface area (Å²) in [4.78, 5) is 23.8. The van der Waals surface area contributed by atoms with Gasteiger partial charge in [0.1, 0.15) is 0 Å². The number of nitro groups is 1. The summed E-state index contributed by atoms with van der Waals surface area (Å²) in [5, 5.41) is 14.3. The molecule has 7 nitrogen and oxygen atoms in total. The molecule has 0 aromatic carbocycles. The Morgan fingerprint density at radius 3 is 3.05 bits per heavy atom. The fourth-order valence-corrected chi connectivity index (χ4v) is 2.36. The molecule has 2 heterocycles. The van der Waals surface area contributed by atoms with Gasteiger partial charge >= 0.3 is 5.82 Å². The Morgan fingerprint density at radius 2 is 2.42 bits per heavy atom. The van der Waals surface area contributed by atoms with Gasteiger partial charge in [0, 0.05) is 19.5 Å². The number of aromatic nitrogens is 2. The minimum Gasteiger partial charge on any atom is -0.358 e. The van der Waals surface area contributed by atoms with Crippen LogP contribution in [0.15, 0.2) is 12.3 Å². The summed E-state index contributed by atoms with van der Waals surface area (Å²) in [6.45, 7) is 4.17. The summed E-state index contributed by atoms with van der Waals surface area (Å²) in [5.41, 5.74) is 0. The van der Waals surface area contributed by atoms with Crippen molar-refractivity contribution in [2.75, 3.05) is 13.1 Å². The Balaban J connectivity index is 1.84. The number of amides is 1. The molecule has 1 fully saturated rings. The van der Waals surface area contributed by atoms with E-state index in [0.717, 1.165) is 19.5 Å². The van der Waals surface area contributed by atoms with Crippen LogP contribution in [0.4, 0.5) is 5.82 Å². The first-order valence-corrected chi connectivity index (χ1v) is 6.52. The second-order valence-corrected chi connectivity index (χ2v) is 5.03. The van der Waals surface area contributed by atoms with Crippen LogP contribution in [0.2, 0.25) is 0 Å². The zero-order chi connectivity index (χ0) is 13.8. The summed E-state index contributed by atoms with van der Waals surface area (Å²) in [6.07, 6.45) is 4.10. The lowest BCUT2D eigenvalue weighted by Crippen LogP contribution is -2.39. The molecular weight excluding hydrogens is 248 g/mol. The molecule has 1 saturated heterocycles. The first kappa shape index (κ1) is 13.5. The number of rotatable bonds is 4. The predicted molar refractivity (Wildman–Crippen MR) is 68.5 cm³/mol. The van der Waals surface area contributed by atoms with Crippen LogP contribution in [0.5, 0.6) is 0 Å². The van der Waals surface area contributed by atoms with E-state index in [0.29, 0.717) is 18.9 Å². The molecular formula is C12H18N4O3. The van der Waals surface area contributed by atoms with Crippen LogP contribution in [0.25, 0.3) is 0 Å². The lowest BCUT2D eigenvalue weighted by Gasteiger charge is -2.30. The minimum atomic E-state index is -0.537. The molecule has 104 valence electrons. The molecule has 0 aliphatic carbocycles. The number of nitrogens with zero attached hydrogens (tertiary/aromatic N) is 4. The van der Waals surface area contributed by atoms with Crippen LogP contribution in [-0.4, -0.2) is 38.6 Å². The zero-order valence-corrected chi connectivity index (χ0v) is 11.0. The van der Waals surface area contributed by atoms with Crippen molar-refractivity contribution >= 4 is 11.7 Å². The maximum atomic E-state index is 12.0. The fourth-order valence-electron chi connectivity index (χ4n) is 2.36. The number of hydrogen-bond donors (Lipinski definition) is 0. The summed E-state index contributed by atoms with van der Waals surface area (Å²) in [5.74, 6) is 0.479. The van der Waals surface area contributed by atoms with Crippen molar-refractivity contribution in [1.29, 1.82) is 0 Å². The SMILES string of the molecule is C[C@@H]1CCCN(C(=O)CCn2ccc([N+](=O)[O-])n2)C1. The Kier molecular flexibility index (Phi) is 4.13. The molecule has 1 aromatic rings. The molecule has 19 heavy (non-hydrogen) atoms. The summed E-state index contributed by atoms with van der Waals surface area (Å²) < 4.78 is 1.45. The minimum absolute atomic E-state index is 0.102. The molecule has 1 atom stereocenters. The van der Waals surface area contributed by atoms with Crippen molar-refractivity contribution < 1.29 is 9.72 Å². The van der Waals surface area contributed by atoms with E-state index in [1.807, 2.05) is 4.90 Å². The Labute approximate surface area is 111 Å².